The Kier molecular flexibility index (Phi) is 5.42. The van der Waals surface area contributed by atoms with Gasteiger partial charge in [-0.05, 0) is 36.1 Å². The third-order valence-corrected chi connectivity index (χ3v) is 4.87. The van der Waals surface area contributed by atoms with E-state index in [0.29, 0.717) is 12.8 Å². The first kappa shape index (κ1) is 18.6. The van der Waals surface area contributed by atoms with E-state index >= 15 is 0 Å². The summed E-state index contributed by atoms with van der Waals surface area (Å²) < 4.78 is 11.3. The summed E-state index contributed by atoms with van der Waals surface area (Å²) in [7, 11) is 0. The third kappa shape index (κ3) is 3.82. The summed E-state index contributed by atoms with van der Waals surface area (Å²) >= 11 is 0. The highest BCUT2D eigenvalue weighted by Crippen LogP contribution is 2.36. The van der Waals surface area contributed by atoms with Crippen molar-refractivity contribution in [1.82, 2.24) is 0 Å². The normalized spacial score (nSPS) is 12.6. The topological polar surface area (TPSA) is 43.4 Å². The van der Waals surface area contributed by atoms with Gasteiger partial charge < -0.3 is 8.83 Å². The average Bonchev–Trinajstić information content (AvgIpc) is 3.14. The molecule has 2 heterocycles. The van der Waals surface area contributed by atoms with Crippen LogP contribution in [0.25, 0.3) is 0 Å². The van der Waals surface area contributed by atoms with Gasteiger partial charge in [0.15, 0.2) is 0 Å². The van der Waals surface area contributed by atoms with Crippen LogP contribution in [0, 0.1) is 10.8 Å². The van der Waals surface area contributed by atoms with Crippen molar-refractivity contribution in [3.05, 3.63) is 47.3 Å². The van der Waals surface area contributed by atoms with Crippen LogP contribution in [0.4, 0.5) is 0 Å². The largest absolute Gasteiger partial charge is 0.469 e. The van der Waals surface area contributed by atoms with E-state index in [1.807, 2.05) is 39.8 Å². The predicted molar refractivity (Wildman–Crippen MR) is 96.1 cm³/mol. The van der Waals surface area contributed by atoms with Gasteiger partial charge in [0.1, 0.15) is 17.3 Å². The second-order valence-corrected chi connectivity index (χ2v) is 7.90. The highest BCUT2D eigenvalue weighted by molar-refractivity contribution is 5.89. The fourth-order valence-electron chi connectivity index (χ4n) is 3.55. The fraction of sp³-hybridized carbons (Fsp3) is 0.571. The second-order valence-electron chi connectivity index (χ2n) is 7.90. The van der Waals surface area contributed by atoms with Crippen LogP contribution < -0.4 is 0 Å². The molecule has 3 heteroatoms. The molecule has 0 bridgehead atoms. The molecule has 0 aliphatic carbocycles. The summed E-state index contributed by atoms with van der Waals surface area (Å²) in [4.78, 5) is 13.3. The Morgan fingerprint density at radius 1 is 0.833 bits per heavy atom. The minimum Gasteiger partial charge on any atom is -0.469 e. The van der Waals surface area contributed by atoms with Crippen LogP contribution in [0.1, 0.15) is 64.2 Å². The van der Waals surface area contributed by atoms with Gasteiger partial charge in [0, 0.05) is 23.7 Å². The molecule has 0 atom stereocenters. The molecule has 24 heavy (non-hydrogen) atoms. The van der Waals surface area contributed by atoms with Crippen LogP contribution in [-0.2, 0) is 30.5 Å². The summed E-state index contributed by atoms with van der Waals surface area (Å²) in [6, 6.07) is 3.99. The quantitative estimate of drug-likeness (QED) is 0.650. The van der Waals surface area contributed by atoms with Crippen molar-refractivity contribution in [2.45, 2.75) is 67.2 Å². The lowest BCUT2D eigenvalue weighted by Gasteiger charge is -2.33. The Morgan fingerprint density at radius 2 is 1.21 bits per heavy atom. The van der Waals surface area contributed by atoms with E-state index in [4.69, 9.17) is 8.83 Å². The number of carbonyl (C=O) groups is 1. The van der Waals surface area contributed by atoms with E-state index in [0.717, 1.165) is 24.4 Å². The first-order chi connectivity index (χ1) is 11.2. The molecule has 0 saturated carbocycles. The molecule has 2 aromatic rings. The summed E-state index contributed by atoms with van der Waals surface area (Å²) in [5.41, 5.74) is 1.41. The van der Waals surface area contributed by atoms with E-state index in [1.165, 1.54) is 11.1 Å². The lowest BCUT2D eigenvalue weighted by molar-refractivity contribution is -0.136. The number of ketones is 1. The molecule has 2 rings (SSSR count). The van der Waals surface area contributed by atoms with E-state index < -0.39 is 10.8 Å². The molecule has 0 spiro atoms. The zero-order valence-corrected chi connectivity index (χ0v) is 15.9. The van der Waals surface area contributed by atoms with Gasteiger partial charge in [-0.2, -0.15) is 0 Å². The molecule has 0 aromatic carbocycles. The molecule has 0 aliphatic heterocycles. The molecule has 0 radical (unpaired) electrons. The van der Waals surface area contributed by atoms with Gasteiger partial charge in [-0.3, -0.25) is 4.79 Å². The molecule has 0 saturated heterocycles. The molecular weight excluding hydrogens is 300 g/mol. The minimum atomic E-state index is -0.482. The van der Waals surface area contributed by atoms with Crippen molar-refractivity contribution in [3.8, 4) is 0 Å². The average molecular weight is 330 g/mol. The van der Waals surface area contributed by atoms with Crippen LogP contribution in [-0.4, -0.2) is 5.78 Å². The number of hydrogen-bond acceptors (Lipinski definition) is 3. The molecular formula is C21H30O3. The van der Waals surface area contributed by atoms with Crippen molar-refractivity contribution in [2.24, 2.45) is 10.8 Å². The number of Topliss-reactive ketones (excluding diaryl/α,β-unsaturated/α-hetero) is 1. The standard InChI is InChI=1S/C21H30O3/c1-7-15-9-11-23-17(15)13-20(3,4)19(22)21(5,6)14-18-16(8-2)10-12-24-18/h9-12H,7-8,13-14H2,1-6H3. The number of aryl methyl sites for hydroxylation is 2. The van der Waals surface area contributed by atoms with Gasteiger partial charge >= 0.3 is 0 Å². The van der Waals surface area contributed by atoms with E-state index in [1.54, 1.807) is 12.5 Å². The predicted octanol–water partition coefficient (Wildman–Crippen LogP) is 5.40. The third-order valence-electron chi connectivity index (χ3n) is 4.87. The van der Waals surface area contributed by atoms with Crippen molar-refractivity contribution in [3.63, 3.8) is 0 Å². The SMILES string of the molecule is CCc1ccoc1CC(C)(C)C(=O)C(C)(C)Cc1occc1CC. The number of rotatable bonds is 8. The van der Waals surface area contributed by atoms with Gasteiger partial charge in [-0.15, -0.1) is 0 Å². The Labute approximate surface area is 145 Å². The maximum Gasteiger partial charge on any atom is 0.144 e. The summed E-state index contributed by atoms with van der Waals surface area (Å²) in [6.07, 6.45) is 6.54. The maximum atomic E-state index is 13.3. The van der Waals surface area contributed by atoms with Crippen LogP contribution in [0.15, 0.2) is 33.5 Å². The Hall–Kier alpha value is -1.77. The van der Waals surface area contributed by atoms with Gasteiger partial charge in [0.2, 0.25) is 0 Å². The highest BCUT2D eigenvalue weighted by Gasteiger charge is 2.40. The zero-order chi connectivity index (χ0) is 18.0. The van der Waals surface area contributed by atoms with E-state index in [2.05, 4.69) is 13.8 Å². The molecule has 0 aliphatic rings. The van der Waals surface area contributed by atoms with Crippen LogP contribution >= 0.6 is 0 Å². The zero-order valence-electron chi connectivity index (χ0n) is 15.9. The summed E-state index contributed by atoms with van der Waals surface area (Å²) in [6.45, 7) is 12.3. The molecule has 0 fully saturated rings. The van der Waals surface area contributed by atoms with Gasteiger partial charge in [-0.1, -0.05) is 41.5 Å². The van der Waals surface area contributed by atoms with Gasteiger partial charge in [0.05, 0.1) is 12.5 Å². The fourth-order valence-corrected chi connectivity index (χ4v) is 3.55. The molecule has 0 unspecified atom stereocenters. The first-order valence-corrected chi connectivity index (χ1v) is 8.86. The molecule has 132 valence electrons. The molecule has 0 amide bonds. The monoisotopic (exact) mass is 330 g/mol. The molecule has 0 N–H and O–H groups in total. The first-order valence-electron chi connectivity index (χ1n) is 8.86. The minimum absolute atomic E-state index is 0.243. The molecule has 2 aromatic heterocycles. The molecule has 3 nitrogen and oxygen atoms in total. The van der Waals surface area contributed by atoms with E-state index in [9.17, 15) is 4.79 Å². The second kappa shape index (κ2) is 7.00. The Balaban J connectivity index is 2.18. The number of furan rings is 2. The number of hydrogen-bond donors (Lipinski definition) is 0. The Bertz CT molecular complexity index is 627. The summed E-state index contributed by atoms with van der Waals surface area (Å²) in [5.74, 6) is 2.10. The van der Waals surface area contributed by atoms with Crippen LogP contribution in [0.3, 0.4) is 0 Å². The van der Waals surface area contributed by atoms with Crippen molar-refractivity contribution in [1.29, 1.82) is 0 Å². The maximum absolute atomic E-state index is 13.3. The van der Waals surface area contributed by atoms with Gasteiger partial charge in [-0.25, -0.2) is 0 Å². The lowest BCUT2D eigenvalue weighted by Crippen LogP contribution is -2.39. The number of carbonyl (C=O) groups excluding carboxylic acids is 1. The Morgan fingerprint density at radius 3 is 1.54 bits per heavy atom. The smallest absolute Gasteiger partial charge is 0.144 e. The van der Waals surface area contributed by atoms with Gasteiger partial charge in [0.25, 0.3) is 0 Å². The van der Waals surface area contributed by atoms with Crippen molar-refractivity contribution in [2.75, 3.05) is 0 Å². The lowest BCUT2D eigenvalue weighted by atomic mass is 9.69. The highest BCUT2D eigenvalue weighted by atomic mass is 16.3. The van der Waals surface area contributed by atoms with E-state index in [-0.39, 0.29) is 5.78 Å². The van der Waals surface area contributed by atoms with Crippen molar-refractivity contribution >= 4 is 5.78 Å². The van der Waals surface area contributed by atoms with Crippen molar-refractivity contribution < 1.29 is 13.6 Å². The van der Waals surface area contributed by atoms with Crippen LogP contribution in [0.5, 0.6) is 0 Å². The van der Waals surface area contributed by atoms with Crippen LogP contribution in [0.2, 0.25) is 0 Å². The summed E-state index contributed by atoms with van der Waals surface area (Å²) in [5, 5.41) is 0.